The molecule has 1 aliphatic rings. The van der Waals surface area contributed by atoms with Gasteiger partial charge >= 0.3 is 0 Å². The lowest BCUT2D eigenvalue weighted by molar-refractivity contribution is 0.183. The molecule has 4 heteroatoms. The van der Waals surface area contributed by atoms with Crippen molar-refractivity contribution in [2.75, 3.05) is 19.6 Å². The van der Waals surface area contributed by atoms with E-state index in [1.807, 2.05) is 11.7 Å². The van der Waals surface area contributed by atoms with E-state index in [2.05, 4.69) is 35.2 Å². The van der Waals surface area contributed by atoms with Crippen molar-refractivity contribution >= 4 is 0 Å². The summed E-state index contributed by atoms with van der Waals surface area (Å²) < 4.78 is 2.01. The molecule has 1 N–H and O–H groups in total. The molecule has 96 valence electrons. The van der Waals surface area contributed by atoms with Gasteiger partial charge in [-0.3, -0.25) is 9.58 Å². The van der Waals surface area contributed by atoms with Crippen LogP contribution in [-0.2, 0) is 13.6 Å². The second-order valence-electron chi connectivity index (χ2n) is 5.08. The lowest BCUT2D eigenvalue weighted by atomic mass is 10.1. The molecule has 17 heavy (non-hydrogen) atoms. The van der Waals surface area contributed by atoms with Crippen molar-refractivity contribution in [3.63, 3.8) is 0 Å². The van der Waals surface area contributed by atoms with Crippen LogP contribution in [0.4, 0.5) is 0 Å². The molecule has 1 saturated heterocycles. The van der Waals surface area contributed by atoms with E-state index in [0.717, 1.165) is 31.9 Å². The Kier molecular flexibility index (Phi) is 4.18. The highest BCUT2D eigenvalue weighted by Crippen LogP contribution is 2.10. The Hall–Kier alpha value is -0.870. The zero-order valence-electron chi connectivity index (χ0n) is 11.2. The predicted octanol–water partition coefficient (Wildman–Crippen LogP) is 1.30. The summed E-state index contributed by atoms with van der Waals surface area (Å²) in [6.07, 6.45) is 2.54. The summed E-state index contributed by atoms with van der Waals surface area (Å²) in [5.41, 5.74) is 2.43. The number of hydrogen-bond donors (Lipinski definition) is 1. The third kappa shape index (κ3) is 3.30. The number of nitrogens with zero attached hydrogens (tertiary/aromatic N) is 3. The molecule has 1 atom stereocenters. The smallest absolute Gasteiger partial charge is 0.0597 e. The van der Waals surface area contributed by atoms with Crippen LogP contribution in [0.25, 0.3) is 0 Å². The second kappa shape index (κ2) is 5.65. The fraction of sp³-hybridized carbons (Fsp3) is 0.769. The van der Waals surface area contributed by atoms with Crippen molar-refractivity contribution in [2.45, 2.75) is 39.3 Å². The summed E-state index contributed by atoms with van der Waals surface area (Å²) >= 11 is 0. The molecule has 1 aliphatic heterocycles. The Morgan fingerprint density at radius 2 is 2.35 bits per heavy atom. The van der Waals surface area contributed by atoms with E-state index in [1.54, 1.807) is 0 Å². The van der Waals surface area contributed by atoms with E-state index in [9.17, 15) is 0 Å². The monoisotopic (exact) mass is 236 g/mol. The van der Waals surface area contributed by atoms with Crippen LogP contribution in [0.3, 0.4) is 0 Å². The molecule has 2 rings (SSSR count). The molecule has 0 amide bonds. The minimum absolute atomic E-state index is 0.670. The summed E-state index contributed by atoms with van der Waals surface area (Å²) in [6.45, 7) is 8.76. The highest BCUT2D eigenvalue weighted by atomic mass is 15.3. The van der Waals surface area contributed by atoms with Crippen molar-refractivity contribution in [3.8, 4) is 0 Å². The predicted molar refractivity (Wildman–Crippen MR) is 69.9 cm³/mol. The van der Waals surface area contributed by atoms with E-state index < -0.39 is 0 Å². The van der Waals surface area contributed by atoms with E-state index in [1.165, 1.54) is 18.5 Å². The fourth-order valence-electron chi connectivity index (χ4n) is 2.62. The minimum Gasteiger partial charge on any atom is -0.311 e. The van der Waals surface area contributed by atoms with Crippen LogP contribution in [0.1, 0.15) is 31.2 Å². The first-order chi connectivity index (χ1) is 8.19. The third-order valence-corrected chi connectivity index (χ3v) is 3.46. The van der Waals surface area contributed by atoms with Crippen LogP contribution in [0.15, 0.2) is 6.07 Å². The molecule has 0 spiro atoms. The average Bonchev–Trinajstić information content (AvgIpc) is 2.58. The van der Waals surface area contributed by atoms with E-state index in [0.29, 0.717) is 6.04 Å². The maximum Gasteiger partial charge on any atom is 0.0597 e. The standard InChI is InChI=1S/C13H24N4/c1-4-5-12-9-17(7-6-14-12)10-13-8-11(2)15-16(13)3/h8,12,14H,4-7,9-10H2,1-3H3. The van der Waals surface area contributed by atoms with Crippen molar-refractivity contribution in [3.05, 3.63) is 17.5 Å². The first-order valence-electron chi connectivity index (χ1n) is 6.64. The normalized spacial score (nSPS) is 21.9. The zero-order valence-corrected chi connectivity index (χ0v) is 11.2. The molecule has 0 saturated carbocycles. The lowest BCUT2D eigenvalue weighted by Crippen LogP contribution is -2.50. The molecule has 0 bridgehead atoms. The molecule has 1 unspecified atom stereocenters. The van der Waals surface area contributed by atoms with Gasteiger partial charge in [0.05, 0.1) is 11.4 Å². The van der Waals surface area contributed by atoms with Gasteiger partial charge < -0.3 is 5.32 Å². The molecule has 0 radical (unpaired) electrons. The number of rotatable bonds is 4. The minimum atomic E-state index is 0.670. The largest absolute Gasteiger partial charge is 0.311 e. The van der Waals surface area contributed by atoms with Gasteiger partial charge in [0.1, 0.15) is 0 Å². The zero-order chi connectivity index (χ0) is 12.3. The SMILES string of the molecule is CCCC1CN(Cc2cc(C)nn2C)CCN1. The van der Waals surface area contributed by atoms with Gasteiger partial charge in [-0.1, -0.05) is 13.3 Å². The van der Waals surface area contributed by atoms with Crippen LogP contribution in [-0.4, -0.2) is 40.4 Å². The van der Waals surface area contributed by atoms with Crippen molar-refractivity contribution < 1.29 is 0 Å². The molecule has 4 nitrogen and oxygen atoms in total. The van der Waals surface area contributed by atoms with Gasteiger partial charge in [0.15, 0.2) is 0 Å². The Balaban J connectivity index is 1.92. The highest BCUT2D eigenvalue weighted by molar-refractivity contribution is 5.08. The number of aromatic nitrogens is 2. The fourth-order valence-corrected chi connectivity index (χ4v) is 2.62. The van der Waals surface area contributed by atoms with Gasteiger partial charge in [-0.2, -0.15) is 5.10 Å². The summed E-state index contributed by atoms with van der Waals surface area (Å²) in [7, 11) is 2.04. The van der Waals surface area contributed by atoms with Crippen molar-refractivity contribution in [1.82, 2.24) is 20.0 Å². The number of piperazine rings is 1. The van der Waals surface area contributed by atoms with Crippen molar-refractivity contribution in [1.29, 1.82) is 0 Å². The molecule has 2 heterocycles. The van der Waals surface area contributed by atoms with Crippen LogP contribution < -0.4 is 5.32 Å². The Labute approximate surface area is 104 Å². The van der Waals surface area contributed by atoms with Gasteiger partial charge in [-0.05, 0) is 19.4 Å². The van der Waals surface area contributed by atoms with Crippen LogP contribution in [0, 0.1) is 6.92 Å². The summed E-state index contributed by atoms with van der Waals surface area (Å²) in [5.74, 6) is 0. The van der Waals surface area contributed by atoms with E-state index in [4.69, 9.17) is 0 Å². The molecule has 1 aromatic rings. The maximum absolute atomic E-state index is 4.41. The van der Waals surface area contributed by atoms with Gasteiger partial charge in [-0.15, -0.1) is 0 Å². The Morgan fingerprint density at radius 1 is 1.53 bits per heavy atom. The summed E-state index contributed by atoms with van der Waals surface area (Å²) in [5, 5.41) is 8.00. The van der Waals surface area contributed by atoms with Crippen molar-refractivity contribution in [2.24, 2.45) is 7.05 Å². The Morgan fingerprint density at radius 3 is 3.00 bits per heavy atom. The Bertz CT molecular complexity index is 356. The van der Waals surface area contributed by atoms with Gasteiger partial charge in [0, 0.05) is 39.3 Å². The molecular formula is C13H24N4. The molecular weight excluding hydrogens is 212 g/mol. The van der Waals surface area contributed by atoms with Gasteiger partial charge in [0.25, 0.3) is 0 Å². The van der Waals surface area contributed by atoms with Gasteiger partial charge in [-0.25, -0.2) is 0 Å². The van der Waals surface area contributed by atoms with E-state index in [-0.39, 0.29) is 0 Å². The number of aryl methyl sites for hydroxylation is 2. The highest BCUT2D eigenvalue weighted by Gasteiger charge is 2.19. The topological polar surface area (TPSA) is 33.1 Å². The van der Waals surface area contributed by atoms with E-state index >= 15 is 0 Å². The number of nitrogens with one attached hydrogen (secondary N) is 1. The molecule has 0 aromatic carbocycles. The summed E-state index contributed by atoms with van der Waals surface area (Å²) in [4.78, 5) is 2.54. The quantitative estimate of drug-likeness (QED) is 0.855. The lowest BCUT2D eigenvalue weighted by Gasteiger charge is -2.33. The van der Waals surface area contributed by atoms with Crippen LogP contribution in [0.2, 0.25) is 0 Å². The first-order valence-corrected chi connectivity index (χ1v) is 6.64. The first kappa shape index (κ1) is 12.6. The van der Waals surface area contributed by atoms with Gasteiger partial charge in [0.2, 0.25) is 0 Å². The van der Waals surface area contributed by atoms with Crippen LogP contribution in [0.5, 0.6) is 0 Å². The summed E-state index contributed by atoms with van der Waals surface area (Å²) in [6, 6.07) is 2.86. The second-order valence-corrected chi connectivity index (χ2v) is 5.08. The molecule has 1 fully saturated rings. The third-order valence-electron chi connectivity index (χ3n) is 3.46. The molecule has 1 aromatic heterocycles. The average molecular weight is 236 g/mol. The maximum atomic E-state index is 4.41. The van der Waals surface area contributed by atoms with Crippen LogP contribution >= 0.6 is 0 Å². The number of hydrogen-bond acceptors (Lipinski definition) is 3. The molecule has 0 aliphatic carbocycles.